The van der Waals surface area contributed by atoms with Gasteiger partial charge in [0.2, 0.25) is 0 Å². The van der Waals surface area contributed by atoms with Gasteiger partial charge in [-0.05, 0) is 54.8 Å². The van der Waals surface area contributed by atoms with E-state index in [2.05, 4.69) is 0 Å². The van der Waals surface area contributed by atoms with Crippen LogP contribution in [-0.4, -0.2) is 95.3 Å². The van der Waals surface area contributed by atoms with Gasteiger partial charge in [-0.15, -0.1) is 0 Å². The van der Waals surface area contributed by atoms with E-state index in [0.29, 0.717) is 16.9 Å². The molecule has 3 fully saturated rings. The van der Waals surface area contributed by atoms with E-state index in [1.807, 2.05) is 0 Å². The summed E-state index contributed by atoms with van der Waals surface area (Å²) in [4.78, 5) is 68.8. The third-order valence-electron chi connectivity index (χ3n) is 12.0. The minimum absolute atomic E-state index is 0.131. The highest BCUT2D eigenvalue weighted by Crippen LogP contribution is 2.64. The fraction of sp³-hybridized carbons (Fsp3) is 0.525. The number of ketones is 1. The van der Waals surface area contributed by atoms with Crippen LogP contribution in [0.3, 0.4) is 0 Å². The number of carbonyl (C=O) groups excluding carboxylic acids is 5. The molecule has 1 saturated heterocycles. The molecule has 2 bridgehead atoms. The van der Waals surface area contributed by atoms with Gasteiger partial charge in [0.25, 0.3) is 0 Å². The third-order valence-corrected chi connectivity index (χ3v) is 12.0. The van der Waals surface area contributed by atoms with Crippen LogP contribution in [0.4, 0.5) is 0 Å². The number of methoxy groups -OCH3 is 1. The standard InChI is InChI=1S/C40H46O13/c1-21-27(50-22(2)41)19-40(47)35(52-36(46)25-11-9-8-10-12-25)33-38(6,28(43)18-29-39(33,20-49-29)53-23(3)42)34(45)32(31(21)37(40,4)5)51-30(44)17-24-13-15-26(48-7)16-14-24/h8-16,27-29,32-33,35,43,47H,17-20H2,1-7H3/t27-,28-,29+,32+,33-,35-,38+,39-,40+/m0/s1. The van der Waals surface area contributed by atoms with Gasteiger partial charge in [0, 0.05) is 32.1 Å². The Morgan fingerprint density at radius 3 is 2.15 bits per heavy atom. The topological polar surface area (TPSA) is 181 Å². The molecule has 2 saturated carbocycles. The molecule has 6 rings (SSSR count). The van der Waals surface area contributed by atoms with Gasteiger partial charge in [0.15, 0.2) is 17.5 Å². The van der Waals surface area contributed by atoms with E-state index < -0.39 is 88.1 Å². The van der Waals surface area contributed by atoms with Gasteiger partial charge in [-0.3, -0.25) is 19.2 Å². The first-order chi connectivity index (χ1) is 24.9. The number of carbonyl (C=O) groups is 5. The Morgan fingerprint density at radius 1 is 0.925 bits per heavy atom. The minimum Gasteiger partial charge on any atom is -0.497 e. The number of aliphatic hydroxyl groups excluding tert-OH is 1. The summed E-state index contributed by atoms with van der Waals surface area (Å²) in [6.45, 7) is 8.48. The molecule has 2 aromatic carbocycles. The van der Waals surface area contributed by atoms with Crippen LogP contribution >= 0.6 is 0 Å². The van der Waals surface area contributed by atoms with Crippen molar-refractivity contribution >= 4 is 29.7 Å². The van der Waals surface area contributed by atoms with Gasteiger partial charge in [-0.1, -0.05) is 44.2 Å². The fourth-order valence-corrected chi connectivity index (χ4v) is 9.14. The largest absolute Gasteiger partial charge is 0.497 e. The number of fused-ring (bicyclic) bond motifs is 5. The lowest BCUT2D eigenvalue weighted by Gasteiger charge is -2.67. The molecule has 0 spiro atoms. The van der Waals surface area contributed by atoms with Crippen molar-refractivity contribution in [2.75, 3.05) is 13.7 Å². The molecule has 1 heterocycles. The summed E-state index contributed by atoms with van der Waals surface area (Å²) in [5, 5.41) is 25.4. The fourth-order valence-electron chi connectivity index (χ4n) is 9.14. The molecule has 284 valence electrons. The zero-order chi connectivity index (χ0) is 38.7. The number of esters is 4. The summed E-state index contributed by atoms with van der Waals surface area (Å²) in [5.74, 6) is -4.72. The zero-order valence-corrected chi connectivity index (χ0v) is 30.9. The normalized spacial score (nSPS) is 34.2. The molecule has 3 aliphatic carbocycles. The number of ether oxygens (including phenoxy) is 6. The summed E-state index contributed by atoms with van der Waals surface area (Å²) >= 11 is 0. The highest BCUT2D eigenvalue weighted by Gasteiger charge is 2.78. The van der Waals surface area contributed by atoms with Crippen LogP contribution in [0, 0.1) is 16.7 Å². The molecule has 0 amide bonds. The first-order valence-corrected chi connectivity index (χ1v) is 17.6. The molecule has 4 aliphatic rings. The Morgan fingerprint density at radius 2 is 1.58 bits per heavy atom. The summed E-state index contributed by atoms with van der Waals surface area (Å²) in [5.41, 5.74) is -6.22. The number of benzene rings is 2. The average molecular weight is 735 g/mol. The lowest BCUT2D eigenvalue weighted by molar-refractivity contribution is -0.346. The van der Waals surface area contributed by atoms with Crippen molar-refractivity contribution in [2.45, 2.75) is 103 Å². The van der Waals surface area contributed by atoms with E-state index in [4.69, 9.17) is 28.4 Å². The summed E-state index contributed by atoms with van der Waals surface area (Å²) in [6, 6.07) is 14.7. The number of aliphatic hydroxyl groups is 2. The molecule has 2 N–H and O–H groups in total. The van der Waals surface area contributed by atoms with Crippen molar-refractivity contribution in [3.8, 4) is 5.75 Å². The van der Waals surface area contributed by atoms with Gasteiger partial charge in [0.05, 0.1) is 43.1 Å². The molecule has 13 heteroatoms. The van der Waals surface area contributed by atoms with Gasteiger partial charge in [-0.25, -0.2) is 4.79 Å². The van der Waals surface area contributed by atoms with E-state index in [-0.39, 0.29) is 37.0 Å². The highest BCUT2D eigenvalue weighted by atomic mass is 16.6. The van der Waals surface area contributed by atoms with Crippen molar-refractivity contribution in [2.24, 2.45) is 16.7 Å². The summed E-state index contributed by atoms with van der Waals surface area (Å²) in [7, 11) is 1.51. The maximum Gasteiger partial charge on any atom is 0.338 e. The third kappa shape index (κ3) is 6.12. The van der Waals surface area contributed by atoms with Crippen LogP contribution in [0.15, 0.2) is 65.7 Å². The van der Waals surface area contributed by atoms with Crippen LogP contribution in [0.2, 0.25) is 0 Å². The van der Waals surface area contributed by atoms with Crippen molar-refractivity contribution < 1.29 is 62.6 Å². The second kappa shape index (κ2) is 13.7. The molecule has 9 atom stereocenters. The second-order valence-electron chi connectivity index (χ2n) is 15.3. The van der Waals surface area contributed by atoms with Crippen LogP contribution in [0.5, 0.6) is 5.75 Å². The Labute approximate surface area is 307 Å². The minimum atomic E-state index is -2.20. The van der Waals surface area contributed by atoms with Crippen LogP contribution in [-0.2, 0) is 49.3 Å². The monoisotopic (exact) mass is 734 g/mol. The average Bonchev–Trinajstić information content (AvgIpc) is 3.10. The Balaban J connectivity index is 1.59. The zero-order valence-electron chi connectivity index (χ0n) is 30.9. The molecular weight excluding hydrogens is 688 g/mol. The first-order valence-electron chi connectivity index (χ1n) is 17.6. The molecule has 2 aromatic rings. The predicted molar refractivity (Wildman–Crippen MR) is 185 cm³/mol. The predicted octanol–water partition coefficient (Wildman–Crippen LogP) is 3.45. The Kier molecular flexibility index (Phi) is 9.84. The van der Waals surface area contributed by atoms with E-state index in [1.165, 1.54) is 40.0 Å². The lowest BCUT2D eigenvalue weighted by Crippen LogP contribution is -2.82. The molecular formula is C40H46O13. The van der Waals surface area contributed by atoms with Gasteiger partial charge in [-0.2, -0.15) is 0 Å². The SMILES string of the molecule is COc1ccc(CC(=O)O[C@H]2C(=O)[C@@]3(C)[C@H]([C@H](OC(=O)c4ccccc4)[C@]4(O)C[C@H](OC(C)=O)C(C)=C2C4(C)C)[C@]2(OC(C)=O)CO[C@@H]2C[C@@H]3O)cc1. The van der Waals surface area contributed by atoms with Crippen LogP contribution in [0.25, 0.3) is 0 Å². The van der Waals surface area contributed by atoms with Crippen molar-refractivity contribution in [1.29, 1.82) is 0 Å². The van der Waals surface area contributed by atoms with E-state index in [0.717, 1.165) is 0 Å². The second-order valence-corrected chi connectivity index (χ2v) is 15.3. The molecule has 0 aromatic heterocycles. The van der Waals surface area contributed by atoms with Gasteiger partial charge >= 0.3 is 23.9 Å². The van der Waals surface area contributed by atoms with E-state index >= 15 is 4.79 Å². The van der Waals surface area contributed by atoms with Gasteiger partial charge in [0.1, 0.15) is 29.7 Å². The molecule has 0 unspecified atom stereocenters. The molecule has 1 aliphatic heterocycles. The summed E-state index contributed by atoms with van der Waals surface area (Å²) < 4.78 is 35.4. The van der Waals surface area contributed by atoms with Crippen molar-refractivity contribution in [1.82, 2.24) is 0 Å². The smallest absolute Gasteiger partial charge is 0.338 e. The summed E-state index contributed by atoms with van der Waals surface area (Å²) in [6.07, 6.45) is -7.75. The maximum atomic E-state index is 15.5. The molecule has 53 heavy (non-hydrogen) atoms. The number of Topliss-reactive ketones (excluding diaryl/α,β-unsaturated/α-hetero) is 1. The van der Waals surface area contributed by atoms with E-state index in [1.54, 1.807) is 63.2 Å². The first kappa shape index (κ1) is 38.1. The maximum absolute atomic E-state index is 15.5. The quantitative estimate of drug-likeness (QED) is 0.229. The molecule has 13 nitrogen and oxygen atoms in total. The van der Waals surface area contributed by atoms with Crippen LogP contribution < -0.4 is 4.74 Å². The number of hydrogen-bond acceptors (Lipinski definition) is 13. The number of rotatable bonds is 8. The van der Waals surface area contributed by atoms with Crippen LogP contribution in [0.1, 0.15) is 70.3 Å². The number of hydrogen-bond donors (Lipinski definition) is 2. The Hall–Kier alpha value is -4.59. The Bertz CT molecular complexity index is 1830. The van der Waals surface area contributed by atoms with Gasteiger partial charge < -0.3 is 38.6 Å². The van der Waals surface area contributed by atoms with Crippen molar-refractivity contribution in [3.63, 3.8) is 0 Å². The lowest BCUT2D eigenvalue weighted by atomic mass is 9.44. The highest BCUT2D eigenvalue weighted by molar-refractivity contribution is 5.96. The van der Waals surface area contributed by atoms with E-state index in [9.17, 15) is 29.4 Å². The molecule has 0 radical (unpaired) electrons. The van der Waals surface area contributed by atoms with Crippen molar-refractivity contribution in [3.05, 3.63) is 76.9 Å².